The molecule has 3 aromatic heterocycles. The van der Waals surface area contributed by atoms with Gasteiger partial charge in [-0.15, -0.1) is 0 Å². The van der Waals surface area contributed by atoms with Crippen LogP contribution >= 0.6 is 0 Å². The lowest BCUT2D eigenvalue weighted by Crippen LogP contribution is -2.28. The minimum Gasteiger partial charge on any atom is -0.337 e. The summed E-state index contributed by atoms with van der Waals surface area (Å²) in [5.41, 5.74) is 5.71. The number of carbonyl (C=O) groups excluding carboxylic acids is 1. The minimum atomic E-state index is -0.00853. The van der Waals surface area contributed by atoms with E-state index in [0.29, 0.717) is 18.2 Å². The summed E-state index contributed by atoms with van der Waals surface area (Å²) in [5, 5.41) is 11.4. The van der Waals surface area contributed by atoms with Gasteiger partial charge < -0.3 is 4.90 Å². The second-order valence-electron chi connectivity index (χ2n) is 7.92. The van der Waals surface area contributed by atoms with E-state index in [2.05, 4.69) is 41.3 Å². The van der Waals surface area contributed by atoms with Crippen LogP contribution in [0, 0.1) is 6.92 Å². The molecule has 0 aromatic carbocycles. The number of pyridine rings is 1. The van der Waals surface area contributed by atoms with Crippen molar-refractivity contribution in [2.24, 2.45) is 7.05 Å². The van der Waals surface area contributed by atoms with E-state index in [1.807, 2.05) is 65.0 Å². The highest BCUT2D eigenvalue weighted by atomic mass is 16.2. The molecule has 1 atom stereocenters. The summed E-state index contributed by atoms with van der Waals surface area (Å²) in [6.07, 6.45) is 4.79. The highest BCUT2D eigenvalue weighted by Gasteiger charge is 2.30. The smallest absolute Gasteiger partial charge is 0.274 e. The van der Waals surface area contributed by atoms with Crippen LogP contribution in [0.2, 0.25) is 0 Å². The third-order valence-corrected chi connectivity index (χ3v) is 5.34. The number of amides is 1. The molecule has 0 bridgehead atoms. The van der Waals surface area contributed by atoms with E-state index in [1.165, 1.54) is 0 Å². The fourth-order valence-corrected chi connectivity index (χ4v) is 3.73. The molecule has 1 amide bonds. The third kappa shape index (κ3) is 5.84. The van der Waals surface area contributed by atoms with Gasteiger partial charge in [0, 0.05) is 56.3 Å². The van der Waals surface area contributed by atoms with Gasteiger partial charge in [-0.25, -0.2) is 0 Å². The van der Waals surface area contributed by atoms with Crippen molar-refractivity contribution in [3.8, 4) is 11.1 Å². The van der Waals surface area contributed by atoms with E-state index < -0.39 is 0 Å². The monoisotopic (exact) mass is 440 g/mol. The van der Waals surface area contributed by atoms with Crippen LogP contribution in [0.15, 0.2) is 30.6 Å². The number of H-pyrrole nitrogens is 1. The lowest BCUT2D eigenvalue weighted by Gasteiger charge is -2.15. The van der Waals surface area contributed by atoms with Crippen LogP contribution in [0.3, 0.4) is 0 Å². The maximum atomic E-state index is 12.8. The Morgan fingerprint density at radius 1 is 1.16 bits per heavy atom. The predicted molar refractivity (Wildman–Crippen MR) is 132 cm³/mol. The van der Waals surface area contributed by atoms with Crippen LogP contribution in [0.5, 0.6) is 0 Å². The van der Waals surface area contributed by atoms with Gasteiger partial charge in [-0.05, 0) is 43.0 Å². The highest BCUT2D eigenvalue weighted by molar-refractivity contribution is 5.92. The molecule has 0 radical (unpaired) electrons. The van der Waals surface area contributed by atoms with Gasteiger partial charge in [-0.1, -0.05) is 41.5 Å². The molecule has 1 fully saturated rings. The number of hydrogen-bond donors (Lipinski definition) is 1. The van der Waals surface area contributed by atoms with Crippen LogP contribution in [0.25, 0.3) is 11.1 Å². The van der Waals surface area contributed by atoms with Crippen molar-refractivity contribution in [2.45, 2.75) is 66.7 Å². The summed E-state index contributed by atoms with van der Waals surface area (Å²) in [6, 6.07) is 6.08. The Bertz CT molecular complexity index is 1010. The van der Waals surface area contributed by atoms with E-state index in [-0.39, 0.29) is 13.3 Å². The van der Waals surface area contributed by atoms with Gasteiger partial charge in [-0.2, -0.15) is 10.2 Å². The van der Waals surface area contributed by atoms with Crippen molar-refractivity contribution in [1.82, 2.24) is 29.9 Å². The van der Waals surface area contributed by atoms with Crippen LogP contribution in [-0.2, 0) is 7.05 Å². The van der Waals surface area contributed by atoms with Crippen LogP contribution < -0.4 is 0 Å². The van der Waals surface area contributed by atoms with E-state index in [0.717, 1.165) is 41.2 Å². The maximum Gasteiger partial charge on any atom is 0.274 e. The first-order valence-corrected chi connectivity index (χ1v) is 11.7. The molecule has 0 saturated carbocycles. The number of aromatic nitrogens is 5. The van der Waals surface area contributed by atoms with E-state index >= 15 is 0 Å². The highest BCUT2D eigenvalue weighted by Crippen LogP contribution is 2.30. The maximum absolute atomic E-state index is 12.8. The quantitative estimate of drug-likeness (QED) is 0.575. The number of aryl methyl sites for hydroxylation is 2. The first kappa shape index (κ1) is 25.3. The van der Waals surface area contributed by atoms with Crippen molar-refractivity contribution in [2.75, 3.05) is 13.1 Å². The summed E-state index contributed by atoms with van der Waals surface area (Å²) < 4.78 is 1.80. The third-order valence-electron chi connectivity index (χ3n) is 5.34. The van der Waals surface area contributed by atoms with E-state index in [9.17, 15) is 4.79 Å². The van der Waals surface area contributed by atoms with Crippen LogP contribution in [0.1, 0.15) is 88.8 Å². The standard InChI is InChI=1S/C21H26N6O.2C2H6.H2/c1-13(2)18-9-20(25-24-18)21(28)27-6-5-15(12-27)19-8-16(7-14(3)23-19)17-10-22-26(4)11-17;2*1-2;/h7-11,13,15H,5-6,12H2,1-4H3,(H,24,25);2*1-2H3;1H/t15-;;;/m1.../s1. The molecule has 4 heterocycles. The molecule has 0 spiro atoms. The Balaban J connectivity index is 0.00000103. The molecular weight excluding hydrogens is 400 g/mol. The van der Waals surface area contributed by atoms with Gasteiger partial charge in [-0.3, -0.25) is 19.6 Å². The zero-order valence-corrected chi connectivity index (χ0v) is 20.8. The number of nitrogens with zero attached hydrogens (tertiary/aromatic N) is 5. The molecule has 32 heavy (non-hydrogen) atoms. The van der Waals surface area contributed by atoms with Crippen molar-refractivity contribution in [3.63, 3.8) is 0 Å². The van der Waals surface area contributed by atoms with Gasteiger partial charge in [0.05, 0.1) is 6.20 Å². The van der Waals surface area contributed by atoms with Gasteiger partial charge in [0.2, 0.25) is 0 Å². The molecule has 1 saturated heterocycles. The topological polar surface area (TPSA) is 79.7 Å². The molecule has 7 nitrogen and oxygen atoms in total. The summed E-state index contributed by atoms with van der Waals surface area (Å²) in [4.78, 5) is 19.5. The average molecular weight is 441 g/mol. The SMILES string of the molecule is CC.CC.Cc1cc(-c2cnn(C)c2)cc([C@@H]2CCN(C(=O)c3cc(C(C)C)[nH]n3)C2)n1.[HH]. The Morgan fingerprint density at radius 2 is 1.88 bits per heavy atom. The van der Waals surface area contributed by atoms with Crippen LogP contribution in [0.4, 0.5) is 0 Å². The van der Waals surface area contributed by atoms with Gasteiger partial charge >= 0.3 is 0 Å². The molecular formula is C25H40N6O. The van der Waals surface area contributed by atoms with Crippen LogP contribution in [-0.4, -0.2) is 48.9 Å². The summed E-state index contributed by atoms with van der Waals surface area (Å²) in [6.45, 7) is 15.6. The number of nitrogens with one attached hydrogen (secondary N) is 1. The summed E-state index contributed by atoms with van der Waals surface area (Å²) >= 11 is 0. The first-order chi connectivity index (χ1) is 15.4. The largest absolute Gasteiger partial charge is 0.337 e. The normalized spacial score (nSPS) is 15.2. The fraction of sp³-hybridized carbons (Fsp3) is 0.520. The molecule has 176 valence electrons. The lowest BCUT2D eigenvalue weighted by atomic mass is 10.00. The summed E-state index contributed by atoms with van der Waals surface area (Å²) in [5.74, 6) is 0.552. The molecule has 3 aromatic rings. The average Bonchev–Trinajstić information content (AvgIpc) is 3.56. The minimum absolute atomic E-state index is 0. The van der Waals surface area contributed by atoms with E-state index in [1.54, 1.807) is 4.68 Å². The van der Waals surface area contributed by atoms with Crippen molar-refractivity contribution in [3.05, 3.63) is 53.4 Å². The zero-order chi connectivity index (χ0) is 23.8. The van der Waals surface area contributed by atoms with Gasteiger partial charge in [0.25, 0.3) is 5.91 Å². The predicted octanol–water partition coefficient (Wildman–Crippen LogP) is 5.57. The van der Waals surface area contributed by atoms with Gasteiger partial charge in [0.1, 0.15) is 5.69 Å². The second-order valence-corrected chi connectivity index (χ2v) is 7.92. The Kier molecular flexibility index (Phi) is 9.17. The molecule has 4 rings (SSSR count). The number of rotatable bonds is 4. The fourth-order valence-electron chi connectivity index (χ4n) is 3.73. The Morgan fingerprint density at radius 3 is 2.47 bits per heavy atom. The first-order valence-electron chi connectivity index (χ1n) is 11.7. The molecule has 0 unspecified atom stereocenters. The van der Waals surface area contributed by atoms with E-state index in [4.69, 9.17) is 4.98 Å². The molecule has 1 aliphatic rings. The number of likely N-dealkylation sites (tertiary alicyclic amines) is 1. The lowest BCUT2D eigenvalue weighted by molar-refractivity contribution is 0.0785. The number of hydrogen-bond acceptors (Lipinski definition) is 4. The molecule has 1 aliphatic heterocycles. The van der Waals surface area contributed by atoms with Gasteiger partial charge in [0.15, 0.2) is 0 Å². The molecule has 0 aliphatic carbocycles. The van der Waals surface area contributed by atoms with Crippen molar-refractivity contribution in [1.29, 1.82) is 0 Å². The number of carbonyl (C=O) groups is 1. The van der Waals surface area contributed by atoms with Crippen molar-refractivity contribution < 1.29 is 6.22 Å². The Hall–Kier alpha value is -2.96. The zero-order valence-electron chi connectivity index (χ0n) is 20.8. The molecule has 1 N–H and O–H groups in total. The number of aromatic amines is 1. The van der Waals surface area contributed by atoms with Crippen molar-refractivity contribution >= 4 is 5.91 Å². The second kappa shape index (κ2) is 11.6. The summed E-state index contributed by atoms with van der Waals surface area (Å²) in [7, 11) is 1.92. The molecule has 7 heteroatoms. The Labute approximate surface area is 193 Å².